The summed E-state index contributed by atoms with van der Waals surface area (Å²) in [4.78, 5) is 15.0. The van der Waals surface area contributed by atoms with Crippen molar-refractivity contribution in [3.8, 4) is 39.1 Å². The van der Waals surface area contributed by atoms with E-state index in [0.717, 1.165) is 60.3 Å². The lowest BCUT2D eigenvalue weighted by Gasteiger charge is -2.30. The molecule has 2 aliphatic rings. The fourth-order valence-corrected chi connectivity index (χ4v) is 11.4. The predicted octanol–water partition coefficient (Wildman–Crippen LogP) is 13.3. The normalized spacial score (nSPS) is 13.6. The van der Waals surface area contributed by atoms with Crippen LogP contribution < -0.4 is 5.56 Å². The van der Waals surface area contributed by atoms with E-state index in [1.54, 1.807) is 0 Å². The molecular weight excluding hydrogens is 717 g/mol. The molecule has 0 saturated heterocycles. The number of para-hydroxylation sites is 2. The number of pyridine rings is 1. The molecule has 0 atom stereocenters. The molecule has 272 valence electrons. The highest BCUT2D eigenvalue weighted by Crippen LogP contribution is 2.64. The van der Waals surface area contributed by atoms with Crippen molar-refractivity contribution in [1.82, 2.24) is 8.97 Å². The van der Waals surface area contributed by atoms with Crippen LogP contribution in [0.2, 0.25) is 0 Å². The van der Waals surface area contributed by atoms with Crippen molar-refractivity contribution in [3.63, 3.8) is 0 Å². The van der Waals surface area contributed by atoms with Crippen LogP contribution in [-0.2, 0) is 5.41 Å². The summed E-state index contributed by atoms with van der Waals surface area (Å²) in [5, 5.41) is 7.49. The van der Waals surface area contributed by atoms with Gasteiger partial charge in [-0.3, -0.25) is 9.20 Å². The third-order valence-corrected chi connectivity index (χ3v) is 13.7. The molecule has 3 nitrogen and oxygen atoms in total. The number of benzene rings is 9. The molecule has 2 aliphatic carbocycles. The topological polar surface area (TPSA) is 26.4 Å². The SMILES string of the molecule is O=c1c2ccccc2c2cc(-c3ccc(-n4c5ccccc5c5ccccc54)cc3)cc3c4ccc5c(c4n1c23)-c1ccccc1C51c2ccccc2-c2ccccc21. The Morgan fingerprint density at radius 1 is 0.356 bits per heavy atom. The zero-order chi connectivity index (χ0) is 38.6. The molecule has 1 spiro atoms. The number of aromatic nitrogens is 2. The number of hydrogen-bond donors (Lipinski definition) is 0. The predicted molar refractivity (Wildman–Crippen MR) is 243 cm³/mol. The van der Waals surface area contributed by atoms with Gasteiger partial charge in [0.15, 0.2) is 0 Å². The van der Waals surface area contributed by atoms with Crippen LogP contribution in [0.25, 0.3) is 98.8 Å². The summed E-state index contributed by atoms with van der Waals surface area (Å²) in [6.07, 6.45) is 0. The van der Waals surface area contributed by atoms with Gasteiger partial charge in [0.05, 0.1) is 27.5 Å². The minimum absolute atomic E-state index is 0.0235. The van der Waals surface area contributed by atoms with Gasteiger partial charge in [0, 0.05) is 43.6 Å². The Kier molecular flexibility index (Phi) is 5.85. The minimum atomic E-state index is -0.494. The fraction of sp³-hybridized carbons (Fsp3) is 0.0179. The summed E-state index contributed by atoms with van der Waals surface area (Å²) >= 11 is 0. The largest absolute Gasteiger partial charge is 0.309 e. The van der Waals surface area contributed by atoms with Crippen molar-refractivity contribution in [3.05, 3.63) is 227 Å². The van der Waals surface area contributed by atoms with Crippen molar-refractivity contribution < 1.29 is 0 Å². The van der Waals surface area contributed by atoms with Crippen molar-refractivity contribution in [2.75, 3.05) is 0 Å². The molecule has 0 radical (unpaired) electrons. The van der Waals surface area contributed by atoms with E-state index in [1.807, 2.05) is 12.1 Å². The first-order chi connectivity index (χ1) is 29.2. The quantitative estimate of drug-likeness (QED) is 0.162. The Morgan fingerprint density at radius 3 is 1.51 bits per heavy atom. The van der Waals surface area contributed by atoms with Gasteiger partial charge in [-0.25, -0.2) is 0 Å². The lowest BCUT2D eigenvalue weighted by atomic mass is 9.70. The van der Waals surface area contributed by atoms with E-state index in [2.05, 4.69) is 191 Å². The number of fused-ring (bicyclic) bond motifs is 19. The van der Waals surface area contributed by atoms with E-state index < -0.39 is 5.41 Å². The molecule has 14 rings (SSSR count). The summed E-state index contributed by atoms with van der Waals surface area (Å²) in [6, 6.07) is 70.4. The zero-order valence-corrected chi connectivity index (χ0v) is 31.8. The highest BCUT2D eigenvalue weighted by molar-refractivity contribution is 6.24. The van der Waals surface area contributed by atoms with Crippen LogP contribution >= 0.6 is 0 Å². The van der Waals surface area contributed by atoms with Crippen molar-refractivity contribution in [2.45, 2.75) is 5.41 Å². The molecule has 0 bridgehead atoms. The van der Waals surface area contributed by atoms with Gasteiger partial charge in [0.1, 0.15) is 0 Å². The number of nitrogens with zero attached hydrogens (tertiary/aromatic N) is 2. The molecule has 3 aromatic heterocycles. The van der Waals surface area contributed by atoms with E-state index in [1.165, 1.54) is 60.8 Å². The van der Waals surface area contributed by atoms with Crippen LogP contribution in [0.1, 0.15) is 22.3 Å². The molecule has 0 N–H and O–H groups in total. The molecule has 12 aromatic rings. The van der Waals surface area contributed by atoms with Crippen LogP contribution in [0, 0.1) is 0 Å². The maximum atomic E-state index is 15.0. The third-order valence-electron chi connectivity index (χ3n) is 13.7. The van der Waals surface area contributed by atoms with Crippen LogP contribution in [0.15, 0.2) is 199 Å². The first-order valence-electron chi connectivity index (χ1n) is 20.4. The molecule has 0 amide bonds. The summed E-state index contributed by atoms with van der Waals surface area (Å²) in [7, 11) is 0. The maximum absolute atomic E-state index is 15.0. The second kappa shape index (κ2) is 11.0. The molecule has 0 fully saturated rings. The van der Waals surface area contributed by atoms with Crippen molar-refractivity contribution in [2.24, 2.45) is 0 Å². The Labute approximate surface area is 338 Å². The monoisotopic (exact) mass is 748 g/mol. The van der Waals surface area contributed by atoms with Crippen LogP contribution in [0.4, 0.5) is 0 Å². The van der Waals surface area contributed by atoms with Gasteiger partial charge in [0.2, 0.25) is 0 Å². The molecular formula is C56H32N2O. The maximum Gasteiger partial charge on any atom is 0.263 e. The molecule has 0 unspecified atom stereocenters. The standard InChI is InChI=1S/C56H32N2O/c59-55-42-18-2-1-13-36(42)44-31-34(33-25-27-35(28-26-33)57-50-23-11-6-16-39(50)40-17-7-12-24-51(40)57)32-45-41-29-30-49-52(54(41)58(55)53(44)45)43-19-5-10-22-48(43)56(49)46-20-8-3-14-37(46)38-15-4-9-21-47(38)56/h1-32H. The molecule has 3 heteroatoms. The summed E-state index contributed by atoms with van der Waals surface area (Å²) in [5.74, 6) is 0. The van der Waals surface area contributed by atoms with Gasteiger partial charge in [-0.15, -0.1) is 0 Å². The first kappa shape index (κ1) is 31.3. The van der Waals surface area contributed by atoms with Gasteiger partial charge in [-0.2, -0.15) is 0 Å². The van der Waals surface area contributed by atoms with Crippen LogP contribution in [0.5, 0.6) is 0 Å². The second-order valence-corrected chi connectivity index (χ2v) is 16.3. The Bertz CT molecular complexity index is 3770. The minimum Gasteiger partial charge on any atom is -0.309 e. The van der Waals surface area contributed by atoms with E-state index in [9.17, 15) is 0 Å². The van der Waals surface area contributed by atoms with E-state index in [0.29, 0.717) is 0 Å². The number of rotatable bonds is 2. The second-order valence-electron chi connectivity index (χ2n) is 16.3. The fourth-order valence-electron chi connectivity index (χ4n) is 11.4. The summed E-state index contributed by atoms with van der Waals surface area (Å²) in [6.45, 7) is 0. The number of hydrogen-bond acceptors (Lipinski definition) is 1. The molecule has 0 aliphatic heterocycles. The Morgan fingerprint density at radius 2 is 0.864 bits per heavy atom. The summed E-state index contributed by atoms with van der Waals surface area (Å²) in [5.41, 5.74) is 17.2. The van der Waals surface area contributed by atoms with Gasteiger partial charge in [-0.1, -0.05) is 152 Å². The van der Waals surface area contributed by atoms with E-state index in [4.69, 9.17) is 0 Å². The van der Waals surface area contributed by atoms with Gasteiger partial charge >= 0.3 is 0 Å². The average molecular weight is 749 g/mol. The molecule has 3 heterocycles. The highest BCUT2D eigenvalue weighted by atomic mass is 16.1. The molecule has 9 aromatic carbocycles. The first-order valence-corrected chi connectivity index (χ1v) is 20.4. The molecule has 59 heavy (non-hydrogen) atoms. The average Bonchev–Trinajstić information content (AvgIpc) is 4.01. The van der Waals surface area contributed by atoms with Crippen LogP contribution in [0.3, 0.4) is 0 Å². The van der Waals surface area contributed by atoms with Gasteiger partial charge < -0.3 is 4.57 Å². The lowest BCUT2D eigenvalue weighted by molar-refractivity contribution is 0.794. The van der Waals surface area contributed by atoms with Crippen molar-refractivity contribution in [1.29, 1.82) is 0 Å². The van der Waals surface area contributed by atoms with Crippen molar-refractivity contribution >= 4 is 59.8 Å². The van der Waals surface area contributed by atoms with E-state index >= 15 is 4.79 Å². The highest BCUT2D eigenvalue weighted by Gasteiger charge is 2.52. The van der Waals surface area contributed by atoms with Gasteiger partial charge in [-0.05, 0) is 97.9 Å². The van der Waals surface area contributed by atoms with E-state index in [-0.39, 0.29) is 5.56 Å². The Balaban J connectivity index is 1.06. The lowest BCUT2D eigenvalue weighted by Crippen LogP contribution is -2.25. The summed E-state index contributed by atoms with van der Waals surface area (Å²) < 4.78 is 4.42. The van der Waals surface area contributed by atoms with Crippen LogP contribution in [-0.4, -0.2) is 8.97 Å². The molecule has 0 saturated carbocycles. The third kappa shape index (κ3) is 3.72. The van der Waals surface area contributed by atoms with Gasteiger partial charge in [0.25, 0.3) is 5.56 Å². The zero-order valence-electron chi connectivity index (χ0n) is 31.8. The smallest absolute Gasteiger partial charge is 0.263 e. The Hall–Kier alpha value is -7.75.